The molecular formula is C11H14N4OS. The van der Waals surface area contributed by atoms with Crippen LogP contribution in [0.4, 0.5) is 5.69 Å². The lowest BCUT2D eigenvalue weighted by Crippen LogP contribution is -2.27. The van der Waals surface area contributed by atoms with Gasteiger partial charge in [-0.25, -0.2) is 0 Å². The van der Waals surface area contributed by atoms with Crippen LogP contribution in [0.3, 0.4) is 0 Å². The molecule has 0 saturated carbocycles. The molecule has 2 aromatic rings. The van der Waals surface area contributed by atoms with E-state index in [1.807, 2.05) is 26.1 Å². The van der Waals surface area contributed by atoms with E-state index in [9.17, 15) is 0 Å². The number of hydrogen-bond acceptors (Lipinski definition) is 3. The van der Waals surface area contributed by atoms with Crippen molar-refractivity contribution in [2.75, 3.05) is 5.32 Å². The lowest BCUT2D eigenvalue weighted by atomic mass is 10.4. The smallest absolute Gasteiger partial charge is 0.171 e. The van der Waals surface area contributed by atoms with Crippen LogP contribution in [-0.2, 0) is 13.6 Å². The molecule has 2 N–H and O–H groups in total. The number of furan rings is 1. The molecule has 0 atom stereocenters. The van der Waals surface area contributed by atoms with Crippen molar-refractivity contribution >= 4 is 23.0 Å². The van der Waals surface area contributed by atoms with Crippen LogP contribution in [0.1, 0.15) is 11.5 Å². The minimum Gasteiger partial charge on any atom is -0.467 e. The average Bonchev–Trinajstić information content (AvgIpc) is 2.92. The van der Waals surface area contributed by atoms with Gasteiger partial charge in [0.05, 0.1) is 30.4 Å². The Bertz CT molecular complexity index is 504. The zero-order valence-electron chi connectivity index (χ0n) is 9.73. The standard InChI is InChI=1S/C11H14N4OS/c1-8-10(7-13-15(8)2)14-11(17)12-6-9-4-3-5-16-9/h3-5,7H,6H2,1-2H3,(H2,12,14,17). The molecule has 2 heterocycles. The summed E-state index contributed by atoms with van der Waals surface area (Å²) in [4.78, 5) is 0. The highest BCUT2D eigenvalue weighted by Crippen LogP contribution is 2.11. The largest absolute Gasteiger partial charge is 0.467 e. The van der Waals surface area contributed by atoms with Crippen molar-refractivity contribution in [2.24, 2.45) is 7.05 Å². The van der Waals surface area contributed by atoms with Crippen LogP contribution >= 0.6 is 12.2 Å². The first-order valence-corrected chi connectivity index (χ1v) is 5.63. The first-order valence-electron chi connectivity index (χ1n) is 5.22. The van der Waals surface area contributed by atoms with Gasteiger partial charge in [-0.2, -0.15) is 5.10 Å². The van der Waals surface area contributed by atoms with Crippen molar-refractivity contribution in [3.05, 3.63) is 36.0 Å². The summed E-state index contributed by atoms with van der Waals surface area (Å²) in [5, 5.41) is 10.8. The van der Waals surface area contributed by atoms with Crippen LogP contribution in [0.2, 0.25) is 0 Å². The second-order valence-electron chi connectivity index (χ2n) is 3.65. The Morgan fingerprint density at radius 3 is 3.00 bits per heavy atom. The SMILES string of the molecule is Cc1c(NC(=S)NCc2ccco2)cnn1C. The zero-order valence-corrected chi connectivity index (χ0v) is 10.5. The third-order valence-corrected chi connectivity index (χ3v) is 2.73. The van der Waals surface area contributed by atoms with E-state index < -0.39 is 0 Å². The number of rotatable bonds is 3. The van der Waals surface area contributed by atoms with Gasteiger partial charge in [0.1, 0.15) is 5.76 Å². The number of aromatic nitrogens is 2. The summed E-state index contributed by atoms with van der Waals surface area (Å²) in [6, 6.07) is 3.74. The number of anilines is 1. The fraction of sp³-hybridized carbons (Fsp3) is 0.273. The number of hydrogen-bond donors (Lipinski definition) is 2. The van der Waals surface area contributed by atoms with Gasteiger partial charge in [0.25, 0.3) is 0 Å². The topological polar surface area (TPSA) is 55.0 Å². The molecule has 6 heteroatoms. The molecule has 0 saturated heterocycles. The van der Waals surface area contributed by atoms with Crippen LogP contribution < -0.4 is 10.6 Å². The Morgan fingerprint density at radius 2 is 2.41 bits per heavy atom. The van der Waals surface area contributed by atoms with Gasteiger partial charge in [-0.3, -0.25) is 4.68 Å². The number of nitrogens with zero attached hydrogens (tertiary/aromatic N) is 2. The van der Waals surface area contributed by atoms with Gasteiger partial charge in [0.2, 0.25) is 0 Å². The van der Waals surface area contributed by atoms with Crippen molar-refractivity contribution in [2.45, 2.75) is 13.5 Å². The molecule has 90 valence electrons. The highest BCUT2D eigenvalue weighted by atomic mass is 32.1. The molecule has 0 bridgehead atoms. The molecule has 0 aromatic carbocycles. The molecule has 0 aliphatic carbocycles. The third kappa shape index (κ3) is 2.85. The molecule has 0 spiro atoms. The van der Waals surface area contributed by atoms with Gasteiger partial charge in [-0.1, -0.05) is 0 Å². The number of aryl methyl sites for hydroxylation is 1. The van der Waals surface area contributed by atoms with Gasteiger partial charge in [0.15, 0.2) is 5.11 Å². The highest BCUT2D eigenvalue weighted by Gasteiger charge is 2.05. The summed E-state index contributed by atoms with van der Waals surface area (Å²) < 4.78 is 6.98. The third-order valence-electron chi connectivity index (χ3n) is 2.49. The molecule has 0 aliphatic rings. The number of nitrogens with one attached hydrogen (secondary N) is 2. The molecule has 0 unspecified atom stereocenters. The first kappa shape index (κ1) is 11.7. The van der Waals surface area contributed by atoms with E-state index in [2.05, 4.69) is 15.7 Å². The highest BCUT2D eigenvalue weighted by molar-refractivity contribution is 7.80. The Morgan fingerprint density at radius 1 is 1.59 bits per heavy atom. The fourth-order valence-electron chi connectivity index (χ4n) is 1.37. The van der Waals surface area contributed by atoms with Crippen molar-refractivity contribution in [1.29, 1.82) is 0 Å². The summed E-state index contributed by atoms with van der Waals surface area (Å²) in [5.41, 5.74) is 1.94. The number of thiocarbonyl (C=S) groups is 1. The maximum Gasteiger partial charge on any atom is 0.171 e. The quantitative estimate of drug-likeness (QED) is 0.814. The summed E-state index contributed by atoms with van der Waals surface area (Å²) in [7, 11) is 1.89. The van der Waals surface area contributed by atoms with E-state index in [4.69, 9.17) is 16.6 Å². The van der Waals surface area contributed by atoms with Gasteiger partial charge in [-0.05, 0) is 31.3 Å². The second kappa shape index (κ2) is 5.01. The van der Waals surface area contributed by atoms with Gasteiger partial charge in [0, 0.05) is 7.05 Å². The molecule has 17 heavy (non-hydrogen) atoms. The van der Waals surface area contributed by atoms with Crippen LogP contribution in [0, 0.1) is 6.92 Å². The Kier molecular flexibility index (Phi) is 3.43. The van der Waals surface area contributed by atoms with Gasteiger partial charge in [-0.15, -0.1) is 0 Å². The maximum atomic E-state index is 5.20. The molecule has 0 radical (unpaired) electrons. The van der Waals surface area contributed by atoms with Crippen LogP contribution in [0.15, 0.2) is 29.0 Å². The lowest BCUT2D eigenvalue weighted by Gasteiger charge is -2.08. The van der Waals surface area contributed by atoms with Crippen molar-refractivity contribution in [3.63, 3.8) is 0 Å². The molecule has 0 amide bonds. The molecular weight excluding hydrogens is 236 g/mol. The Hall–Kier alpha value is -1.82. The van der Waals surface area contributed by atoms with Crippen molar-refractivity contribution in [3.8, 4) is 0 Å². The summed E-state index contributed by atoms with van der Waals surface area (Å²) in [6.45, 7) is 2.54. The summed E-state index contributed by atoms with van der Waals surface area (Å²) in [6.07, 6.45) is 3.38. The van der Waals surface area contributed by atoms with Gasteiger partial charge < -0.3 is 15.1 Å². The van der Waals surface area contributed by atoms with E-state index in [-0.39, 0.29) is 0 Å². The molecule has 0 fully saturated rings. The average molecular weight is 250 g/mol. The predicted molar refractivity (Wildman–Crippen MR) is 69.7 cm³/mol. The summed E-state index contributed by atoms with van der Waals surface area (Å²) in [5.74, 6) is 0.844. The van der Waals surface area contributed by atoms with Crippen LogP contribution in [0.5, 0.6) is 0 Å². The van der Waals surface area contributed by atoms with E-state index in [0.717, 1.165) is 17.1 Å². The minimum atomic E-state index is 0.553. The van der Waals surface area contributed by atoms with Gasteiger partial charge >= 0.3 is 0 Å². The first-order chi connectivity index (χ1) is 8.16. The molecule has 5 nitrogen and oxygen atoms in total. The van der Waals surface area contributed by atoms with E-state index in [1.54, 1.807) is 17.1 Å². The Balaban J connectivity index is 1.87. The fourth-order valence-corrected chi connectivity index (χ4v) is 1.55. The van der Waals surface area contributed by atoms with Crippen molar-refractivity contribution < 1.29 is 4.42 Å². The van der Waals surface area contributed by atoms with E-state index in [0.29, 0.717) is 11.7 Å². The predicted octanol–water partition coefficient (Wildman–Crippen LogP) is 1.81. The second-order valence-corrected chi connectivity index (χ2v) is 4.06. The molecule has 2 rings (SSSR count). The zero-order chi connectivity index (χ0) is 12.3. The minimum absolute atomic E-state index is 0.553. The lowest BCUT2D eigenvalue weighted by molar-refractivity contribution is 0.503. The van der Waals surface area contributed by atoms with Crippen LogP contribution in [-0.4, -0.2) is 14.9 Å². The van der Waals surface area contributed by atoms with E-state index >= 15 is 0 Å². The molecule has 0 aliphatic heterocycles. The molecule has 2 aromatic heterocycles. The van der Waals surface area contributed by atoms with Crippen LogP contribution in [0.25, 0.3) is 0 Å². The summed E-state index contributed by atoms with van der Waals surface area (Å²) >= 11 is 5.18. The maximum absolute atomic E-state index is 5.20. The monoisotopic (exact) mass is 250 g/mol. The van der Waals surface area contributed by atoms with Crippen molar-refractivity contribution in [1.82, 2.24) is 15.1 Å². The van der Waals surface area contributed by atoms with E-state index in [1.165, 1.54) is 0 Å². The Labute approximate surface area is 105 Å². The normalized spacial score (nSPS) is 10.2.